The van der Waals surface area contributed by atoms with Crippen LogP contribution >= 0.6 is 0 Å². The van der Waals surface area contributed by atoms with Crippen molar-refractivity contribution < 1.29 is 23.9 Å². The number of carboxylic acids is 1. The summed E-state index contributed by atoms with van der Waals surface area (Å²) in [7, 11) is 0. The molecule has 1 unspecified atom stereocenters. The molecule has 0 fully saturated rings. The highest BCUT2D eigenvalue weighted by molar-refractivity contribution is 5.89. The number of benzene rings is 1. The quantitative estimate of drug-likeness (QED) is 0.526. The molecule has 0 saturated carbocycles. The van der Waals surface area contributed by atoms with E-state index in [4.69, 9.17) is 0 Å². The van der Waals surface area contributed by atoms with Crippen LogP contribution in [0.4, 0.5) is 4.39 Å². The van der Waals surface area contributed by atoms with E-state index in [2.05, 4.69) is 15.6 Å². The van der Waals surface area contributed by atoms with Gasteiger partial charge in [-0.1, -0.05) is 13.8 Å². The van der Waals surface area contributed by atoms with Crippen molar-refractivity contribution in [2.45, 2.75) is 46.1 Å². The van der Waals surface area contributed by atoms with Crippen molar-refractivity contribution in [3.05, 3.63) is 35.8 Å². The predicted octanol–water partition coefficient (Wildman–Crippen LogP) is 2.36. The number of H-pyrrole nitrogens is 1. The van der Waals surface area contributed by atoms with Gasteiger partial charge in [0.05, 0.1) is 5.41 Å². The van der Waals surface area contributed by atoms with E-state index in [-0.39, 0.29) is 24.7 Å². The van der Waals surface area contributed by atoms with E-state index in [0.29, 0.717) is 18.4 Å². The second-order valence-corrected chi connectivity index (χ2v) is 6.97. The van der Waals surface area contributed by atoms with Crippen LogP contribution in [0.15, 0.2) is 24.4 Å². The first-order chi connectivity index (χ1) is 13.2. The minimum absolute atomic E-state index is 0.0245. The fraction of sp³-hybridized carbons (Fsp3) is 0.450. The van der Waals surface area contributed by atoms with Crippen LogP contribution in [0.3, 0.4) is 0 Å². The van der Waals surface area contributed by atoms with E-state index in [1.54, 1.807) is 26.1 Å². The van der Waals surface area contributed by atoms with Crippen LogP contribution in [0, 0.1) is 11.2 Å². The summed E-state index contributed by atoms with van der Waals surface area (Å²) in [6.45, 7) is 4.81. The molecule has 4 N–H and O–H groups in total. The molecule has 0 aliphatic carbocycles. The zero-order chi connectivity index (χ0) is 20.9. The lowest BCUT2D eigenvalue weighted by molar-refractivity contribution is -0.149. The summed E-state index contributed by atoms with van der Waals surface area (Å²) in [5, 5.41) is 15.6. The number of carbonyl (C=O) groups is 3. The van der Waals surface area contributed by atoms with Crippen LogP contribution in [0.25, 0.3) is 10.9 Å². The standard InChI is InChI=1S/C20H26FN3O4/c1-4-20(5-2,19(27)28)11-23-18(26)17(24-12(3)25)8-13-10-22-16-9-14(21)6-7-15(13)16/h6-7,9-10,17,22H,4-5,8,11H2,1-3H3,(H,23,26)(H,24,25)(H,27,28). The SMILES string of the molecule is CCC(CC)(CNC(=O)C(Cc1c[nH]c2cc(F)ccc12)NC(C)=O)C(=O)O. The Morgan fingerprint density at radius 3 is 2.50 bits per heavy atom. The Bertz CT molecular complexity index is 873. The van der Waals surface area contributed by atoms with Gasteiger partial charge < -0.3 is 20.7 Å². The second kappa shape index (κ2) is 8.86. The molecule has 0 saturated heterocycles. The van der Waals surface area contributed by atoms with E-state index in [1.807, 2.05) is 0 Å². The number of rotatable bonds is 9. The zero-order valence-corrected chi connectivity index (χ0v) is 16.3. The number of hydrogen-bond donors (Lipinski definition) is 4. The molecule has 0 aliphatic heterocycles. The Morgan fingerprint density at radius 1 is 1.25 bits per heavy atom. The Labute approximate surface area is 162 Å². The molecule has 0 radical (unpaired) electrons. The fourth-order valence-corrected chi connectivity index (χ4v) is 3.26. The van der Waals surface area contributed by atoms with Gasteiger partial charge in [-0.25, -0.2) is 4.39 Å². The lowest BCUT2D eigenvalue weighted by Crippen LogP contribution is -2.51. The second-order valence-electron chi connectivity index (χ2n) is 6.97. The minimum Gasteiger partial charge on any atom is -0.481 e. The monoisotopic (exact) mass is 391 g/mol. The van der Waals surface area contributed by atoms with Crippen molar-refractivity contribution in [2.75, 3.05) is 6.54 Å². The number of fused-ring (bicyclic) bond motifs is 1. The molecule has 1 atom stereocenters. The molecule has 8 heteroatoms. The molecule has 0 aliphatic rings. The summed E-state index contributed by atoms with van der Waals surface area (Å²) >= 11 is 0. The van der Waals surface area contributed by atoms with Gasteiger partial charge in [0.25, 0.3) is 0 Å². The Balaban J connectivity index is 2.19. The predicted molar refractivity (Wildman–Crippen MR) is 103 cm³/mol. The number of aromatic amines is 1. The highest BCUT2D eigenvalue weighted by Gasteiger charge is 2.36. The molecule has 1 heterocycles. The highest BCUT2D eigenvalue weighted by atomic mass is 19.1. The number of aliphatic carboxylic acids is 1. The maximum atomic E-state index is 13.4. The van der Waals surface area contributed by atoms with Crippen molar-refractivity contribution in [3.63, 3.8) is 0 Å². The van der Waals surface area contributed by atoms with Gasteiger partial charge in [0.2, 0.25) is 11.8 Å². The van der Waals surface area contributed by atoms with E-state index in [9.17, 15) is 23.9 Å². The molecule has 28 heavy (non-hydrogen) atoms. The normalized spacial score (nSPS) is 12.6. The summed E-state index contributed by atoms with van der Waals surface area (Å²) in [4.78, 5) is 38.9. The number of aromatic nitrogens is 1. The van der Waals surface area contributed by atoms with Gasteiger partial charge in [0.15, 0.2) is 0 Å². The first-order valence-electron chi connectivity index (χ1n) is 9.26. The Morgan fingerprint density at radius 2 is 1.93 bits per heavy atom. The minimum atomic E-state index is -1.05. The van der Waals surface area contributed by atoms with Crippen molar-refractivity contribution in [1.82, 2.24) is 15.6 Å². The van der Waals surface area contributed by atoms with Crippen LogP contribution in [0.1, 0.15) is 39.2 Å². The van der Waals surface area contributed by atoms with Crippen molar-refractivity contribution in [2.24, 2.45) is 5.41 Å². The third-order valence-electron chi connectivity index (χ3n) is 5.26. The summed E-state index contributed by atoms with van der Waals surface area (Å²) in [6, 6.07) is 3.43. The summed E-state index contributed by atoms with van der Waals surface area (Å²) in [5.41, 5.74) is 0.299. The maximum Gasteiger partial charge on any atom is 0.311 e. The van der Waals surface area contributed by atoms with Gasteiger partial charge in [-0.2, -0.15) is 0 Å². The molecule has 0 spiro atoms. The van der Waals surface area contributed by atoms with Crippen LogP contribution in [-0.2, 0) is 20.8 Å². The molecule has 152 valence electrons. The molecular formula is C20H26FN3O4. The van der Waals surface area contributed by atoms with Crippen molar-refractivity contribution in [1.29, 1.82) is 0 Å². The third kappa shape index (κ3) is 4.68. The lowest BCUT2D eigenvalue weighted by atomic mass is 9.82. The highest BCUT2D eigenvalue weighted by Crippen LogP contribution is 2.26. The molecule has 1 aromatic heterocycles. The van der Waals surface area contributed by atoms with Gasteiger partial charge in [-0.3, -0.25) is 14.4 Å². The van der Waals surface area contributed by atoms with E-state index < -0.39 is 23.3 Å². The van der Waals surface area contributed by atoms with E-state index in [0.717, 1.165) is 10.9 Å². The number of carboxylic acid groups (broad SMARTS) is 1. The molecule has 1 aromatic carbocycles. The zero-order valence-electron chi connectivity index (χ0n) is 16.3. The summed E-state index contributed by atoms with van der Waals surface area (Å²) in [6.07, 6.45) is 2.61. The van der Waals surface area contributed by atoms with Gasteiger partial charge in [-0.05, 0) is 36.6 Å². The van der Waals surface area contributed by atoms with Gasteiger partial charge >= 0.3 is 5.97 Å². The number of amides is 2. The van der Waals surface area contributed by atoms with E-state index in [1.165, 1.54) is 19.1 Å². The lowest BCUT2D eigenvalue weighted by Gasteiger charge is -2.28. The Kier molecular flexibility index (Phi) is 6.77. The number of hydrogen-bond acceptors (Lipinski definition) is 3. The van der Waals surface area contributed by atoms with Crippen LogP contribution in [0.5, 0.6) is 0 Å². The molecule has 0 bridgehead atoms. The average molecular weight is 391 g/mol. The average Bonchev–Trinajstić information content (AvgIpc) is 3.03. The van der Waals surface area contributed by atoms with Gasteiger partial charge in [0.1, 0.15) is 11.9 Å². The largest absolute Gasteiger partial charge is 0.481 e. The topological polar surface area (TPSA) is 111 Å². The summed E-state index contributed by atoms with van der Waals surface area (Å²) < 4.78 is 13.4. The first kappa shape index (κ1) is 21.4. The number of carbonyl (C=O) groups excluding carboxylic acids is 2. The maximum absolute atomic E-state index is 13.4. The third-order valence-corrected chi connectivity index (χ3v) is 5.26. The van der Waals surface area contributed by atoms with Crippen LogP contribution < -0.4 is 10.6 Å². The van der Waals surface area contributed by atoms with Crippen LogP contribution in [0.2, 0.25) is 0 Å². The van der Waals surface area contributed by atoms with Gasteiger partial charge in [-0.15, -0.1) is 0 Å². The van der Waals surface area contributed by atoms with Crippen molar-refractivity contribution in [3.8, 4) is 0 Å². The van der Waals surface area contributed by atoms with Crippen LogP contribution in [-0.4, -0.2) is 40.5 Å². The first-order valence-corrected chi connectivity index (χ1v) is 9.26. The van der Waals surface area contributed by atoms with Crippen molar-refractivity contribution >= 4 is 28.7 Å². The number of halogens is 1. The molecule has 7 nitrogen and oxygen atoms in total. The molecule has 2 amide bonds. The molecular weight excluding hydrogens is 365 g/mol. The fourth-order valence-electron chi connectivity index (χ4n) is 3.26. The molecule has 2 rings (SSSR count). The van der Waals surface area contributed by atoms with E-state index >= 15 is 0 Å². The Hall–Kier alpha value is -2.90. The smallest absolute Gasteiger partial charge is 0.311 e. The number of nitrogens with one attached hydrogen (secondary N) is 3. The van der Waals surface area contributed by atoms with Gasteiger partial charge in [0, 0.05) is 37.0 Å². The molecule has 2 aromatic rings. The summed E-state index contributed by atoms with van der Waals surface area (Å²) in [5.74, 6) is -2.17.